The first-order chi connectivity index (χ1) is 7.77. The van der Waals surface area contributed by atoms with Gasteiger partial charge in [0.1, 0.15) is 5.82 Å². The molecule has 0 aliphatic carbocycles. The molecule has 16 heavy (non-hydrogen) atoms. The van der Waals surface area contributed by atoms with E-state index < -0.39 is 0 Å². The molecule has 0 amide bonds. The molecule has 1 aromatic carbocycles. The molecule has 0 aliphatic heterocycles. The van der Waals surface area contributed by atoms with E-state index in [4.69, 9.17) is 0 Å². The minimum absolute atomic E-state index is 0.0172. The van der Waals surface area contributed by atoms with E-state index in [1.54, 1.807) is 24.3 Å². The first kappa shape index (κ1) is 10.4. The quantitative estimate of drug-likeness (QED) is 0.737. The van der Waals surface area contributed by atoms with Crippen molar-refractivity contribution in [1.82, 2.24) is 9.97 Å². The Morgan fingerprint density at radius 2 is 1.81 bits per heavy atom. The van der Waals surface area contributed by atoms with Gasteiger partial charge in [-0.05, 0) is 17.7 Å². The zero-order chi connectivity index (χ0) is 11.4. The summed E-state index contributed by atoms with van der Waals surface area (Å²) in [4.78, 5) is 19.3. The summed E-state index contributed by atoms with van der Waals surface area (Å²) in [6, 6.07) is 7.81. The Morgan fingerprint density at radius 1 is 1.12 bits per heavy atom. The van der Waals surface area contributed by atoms with Crippen LogP contribution in [0, 0.1) is 5.82 Å². The molecule has 2 rings (SSSR count). The zero-order valence-electron chi connectivity index (χ0n) is 8.43. The van der Waals surface area contributed by atoms with Crippen LogP contribution in [0.25, 0.3) is 0 Å². The Labute approximate surface area is 92.0 Å². The minimum Gasteiger partial charge on any atom is -0.290 e. The van der Waals surface area contributed by atoms with Crippen LogP contribution in [-0.2, 0) is 6.42 Å². The lowest BCUT2D eigenvalue weighted by atomic mass is 10.1. The molecule has 1 aromatic heterocycles. The summed E-state index contributed by atoms with van der Waals surface area (Å²) in [7, 11) is 0. The molecule has 0 saturated carbocycles. The van der Waals surface area contributed by atoms with Gasteiger partial charge >= 0.3 is 0 Å². The summed E-state index contributed by atoms with van der Waals surface area (Å²) in [5.74, 6) is -0.553. The second-order valence-electron chi connectivity index (χ2n) is 3.26. The maximum Gasteiger partial charge on any atom is 0.204 e. The lowest BCUT2D eigenvalue weighted by Crippen LogP contribution is -2.09. The van der Waals surface area contributed by atoms with Crippen molar-refractivity contribution >= 4 is 5.78 Å². The van der Waals surface area contributed by atoms with Gasteiger partial charge in [-0.25, -0.2) is 14.4 Å². The van der Waals surface area contributed by atoms with E-state index in [1.807, 2.05) is 0 Å². The summed E-state index contributed by atoms with van der Waals surface area (Å²) in [5.41, 5.74) is 0.361. The highest BCUT2D eigenvalue weighted by molar-refractivity contribution is 5.93. The second-order valence-corrected chi connectivity index (χ2v) is 3.26. The summed E-state index contributed by atoms with van der Waals surface area (Å²) in [6.07, 6.45) is 2.96. The molecule has 0 spiro atoms. The largest absolute Gasteiger partial charge is 0.290 e. The highest BCUT2D eigenvalue weighted by Crippen LogP contribution is 2.08. The number of hydrogen-bond donors (Lipinski definition) is 0. The van der Waals surface area contributed by atoms with Crippen molar-refractivity contribution in [3.05, 3.63) is 59.9 Å². The molecule has 1 heterocycles. The summed E-state index contributed by atoms with van der Waals surface area (Å²) < 4.78 is 13.3. The van der Waals surface area contributed by atoms with E-state index in [0.717, 1.165) is 0 Å². The second kappa shape index (κ2) is 4.61. The number of Topliss-reactive ketones (excluding diaryl/α,β-unsaturated/α-hetero) is 1. The van der Waals surface area contributed by atoms with Gasteiger partial charge in [-0.15, -0.1) is 0 Å². The topological polar surface area (TPSA) is 42.9 Å². The van der Waals surface area contributed by atoms with E-state index in [2.05, 4.69) is 9.97 Å². The monoisotopic (exact) mass is 216 g/mol. The third-order valence-corrected chi connectivity index (χ3v) is 2.12. The number of benzene rings is 1. The van der Waals surface area contributed by atoms with Crippen molar-refractivity contribution in [3.8, 4) is 0 Å². The van der Waals surface area contributed by atoms with Crippen LogP contribution in [0.5, 0.6) is 0 Å². The number of ketones is 1. The van der Waals surface area contributed by atoms with E-state index in [0.29, 0.717) is 5.56 Å². The number of halogens is 1. The molecule has 0 fully saturated rings. The molecule has 0 atom stereocenters. The predicted molar refractivity (Wildman–Crippen MR) is 56.5 cm³/mol. The molecule has 2 aromatic rings. The minimum atomic E-state index is -0.383. The van der Waals surface area contributed by atoms with Gasteiger partial charge in [0.15, 0.2) is 5.82 Å². The van der Waals surface area contributed by atoms with Crippen molar-refractivity contribution in [2.45, 2.75) is 6.42 Å². The summed E-state index contributed by atoms with van der Waals surface area (Å²) >= 11 is 0. The molecular formula is C12H9FN2O. The van der Waals surface area contributed by atoms with Crippen molar-refractivity contribution in [3.63, 3.8) is 0 Å². The van der Waals surface area contributed by atoms with Crippen molar-refractivity contribution < 1.29 is 9.18 Å². The average Bonchev–Trinajstić information content (AvgIpc) is 2.33. The van der Waals surface area contributed by atoms with Crippen LogP contribution in [0.2, 0.25) is 0 Å². The lowest BCUT2D eigenvalue weighted by molar-refractivity contribution is 0.0982. The van der Waals surface area contributed by atoms with Gasteiger partial charge in [0.2, 0.25) is 5.78 Å². The zero-order valence-corrected chi connectivity index (χ0v) is 8.43. The maximum absolute atomic E-state index is 13.3. The fourth-order valence-corrected chi connectivity index (χ4v) is 1.34. The third-order valence-electron chi connectivity index (χ3n) is 2.12. The van der Waals surface area contributed by atoms with Gasteiger partial charge in [-0.2, -0.15) is 0 Å². The number of aromatic nitrogens is 2. The van der Waals surface area contributed by atoms with E-state index in [9.17, 15) is 9.18 Å². The van der Waals surface area contributed by atoms with Crippen LogP contribution < -0.4 is 0 Å². The smallest absolute Gasteiger partial charge is 0.204 e. The lowest BCUT2D eigenvalue weighted by Gasteiger charge is -2.00. The molecule has 0 saturated heterocycles. The first-order valence-corrected chi connectivity index (χ1v) is 4.81. The van der Waals surface area contributed by atoms with E-state index >= 15 is 0 Å². The molecule has 0 aliphatic rings. The van der Waals surface area contributed by atoms with Gasteiger partial charge in [0.05, 0.1) is 0 Å². The third kappa shape index (κ3) is 2.28. The Kier molecular flexibility index (Phi) is 3.00. The predicted octanol–water partition coefficient (Wildman–Crippen LogP) is 2.04. The molecule has 0 unspecified atom stereocenters. The molecule has 0 bridgehead atoms. The SMILES string of the molecule is O=C(Cc1ccccc1F)c1ncccn1. The van der Waals surface area contributed by atoms with Gasteiger partial charge in [-0.1, -0.05) is 18.2 Å². The van der Waals surface area contributed by atoms with Crippen molar-refractivity contribution in [2.24, 2.45) is 0 Å². The summed E-state index contributed by atoms with van der Waals surface area (Å²) in [6.45, 7) is 0. The Balaban J connectivity index is 2.18. The van der Waals surface area contributed by atoms with Gasteiger partial charge in [0.25, 0.3) is 0 Å². The van der Waals surface area contributed by atoms with E-state index in [-0.39, 0.29) is 23.8 Å². The van der Waals surface area contributed by atoms with Crippen LogP contribution >= 0.6 is 0 Å². The Morgan fingerprint density at radius 3 is 2.50 bits per heavy atom. The number of nitrogens with zero attached hydrogens (tertiary/aromatic N) is 2. The highest BCUT2D eigenvalue weighted by atomic mass is 19.1. The van der Waals surface area contributed by atoms with Gasteiger partial charge < -0.3 is 0 Å². The van der Waals surface area contributed by atoms with Crippen molar-refractivity contribution in [2.75, 3.05) is 0 Å². The van der Waals surface area contributed by atoms with Gasteiger partial charge in [0, 0.05) is 18.8 Å². The fraction of sp³-hybridized carbons (Fsp3) is 0.0833. The molecule has 0 radical (unpaired) electrons. The summed E-state index contributed by atoms with van der Waals surface area (Å²) in [5, 5.41) is 0. The first-order valence-electron chi connectivity index (χ1n) is 4.81. The number of carbonyl (C=O) groups is 1. The molecule has 0 N–H and O–H groups in total. The molecular weight excluding hydrogens is 207 g/mol. The fourth-order valence-electron chi connectivity index (χ4n) is 1.34. The normalized spacial score (nSPS) is 10.1. The van der Waals surface area contributed by atoms with Crippen LogP contribution in [0.3, 0.4) is 0 Å². The van der Waals surface area contributed by atoms with Crippen LogP contribution in [0.4, 0.5) is 4.39 Å². The Hall–Kier alpha value is -2.10. The van der Waals surface area contributed by atoms with Crippen LogP contribution in [-0.4, -0.2) is 15.8 Å². The highest BCUT2D eigenvalue weighted by Gasteiger charge is 2.11. The maximum atomic E-state index is 13.3. The average molecular weight is 216 g/mol. The molecule has 4 heteroatoms. The number of hydrogen-bond acceptors (Lipinski definition) is 3. The van der Waals surface area contributed by atoms with E-state index in [1.165, 1.54) is 18.5 Å². The standard InChI is InChI=1S/C12H9FN2O/c13-10-5-2-1-4-9(10)8-11(16)12-14-6-3-7-15-12/h1-7H,8H2. The number of carbonyl (C=O) groups excluding carboxylic acids is 1. The molecule has 3 nitrogen and oxygen atoms in total. The number of rotatable bonds is 3. The van der Waals surface area contributed by atoms with Crippen LogP contribution in [0.1, 0.15) is 16.2 Å². The van der Waals surface area contributed by atoms with Crippen LogP contribution in [0.15, 0.2) is 42.7 Å². The van der Waals surface area contributed by atoms with Gasteiger partial charge in [-0.3, -0.25) is 4.79 Å². The Bertz CT molecular complexity index is 499. The van der Waals surface area contributed by atoms with Crippen molar-refractivity contribution in [1.29, 1.82) is 0 Å². The molecule has 80 valence electrons.